The standard InChI is InChI=1S/C17H26N2O2S/c1-3-12(2)13-4-7-15(8-5-13)22(20,21)19-10-14-6-9-17(18)16(14)11-19/h4-5,7-8,12,14,16-17H,3,6,9-11,18H2,1-2H3. The van der Waals surface area contributed by atoms with Crippen LogP contribution >= 0.6 is 0 Å². The minimum Gasteiger partial charge on any atom is -0.327 e. The largest absolute Gasteiger partial charge is 0.327 e. The Hall–Kier alpha value is -0.910. The number of hydrogen-bond donors (Lipinski definition) is 1. The van der Waals surface area contributed by atoms with Gasteiger partial charge in [-0.15, -0.1) is 0 Å². The fraction of sp³-hybridized carbons (Fsp3) is 0.647. The monoisotopic (exact) mass is 322 g/mol. The lowest BCUT2D eigenvalue weighted by molar-refractivity contribution is 0.427. The van der Waals surface area contributed by atoms with Gasteiger partial charge in [-0.2, -0.15) is 4.31 Å². The molecule has 122 valence electrons. The molecule has 0 radical (unpaired) electrons. The molecule has 1 saturated carbocycles. The van der Waals surface area contributed by atoms with Crippen LogP contribution in [0.3, 0.4) is 0 Å². The maximum atomic E-state index is 12.8. The highest BCUT2D eigenvalue weighted by molar-refractivity contribution is 7.89. The molecule has 2 N–H and O–H groups in total. The van der Waals surface area contributed by atoms with E-state index in [1.807, 2.05) is 12.1 Å². The van der Waals surface area contributed by atoms with Crippen molar-refractivity contribution in [1.29, 1.82) is 0 Å². The van der Waals surface area contributed by atoms with E-state index in [2.05, 4.69) is 13.8 Å². The fourth-order valence-electron chi connectivity index (χ4n) is 3.82. The molecular weight excluding hydrogens is 296 g/mol. The Balaban J connectivity index is 1.79. The van der Waals surface area contributed by atoms with Gasteiger partial charge >= 0.3 is 0 Å². The van der Waals surface area contributed by atoms with Gasteiger partial charge in [0.1, 0.15) is 0 Å². The third-order valence-corrected chi connectivity index (χ3v) is 7.42. The molecule has 5 heteroatoms. The molecule has 1 heterocycles. The van der Waals surface area contributed by atoms with Crippen LogP contribution in [0, 0.1) is 11.8 Å². The number of hydrogen-bond acceptors (Lipinski definition) is 3. The predicted octanol–water partition coefficient (Wildman–Crippen LogP) is 2.56. The van der Waals surface area contributed by atoms with Crippen LogP contribution in [0.2, 0.25) is 0 Å². The Morgan fingerprint density at radius 1 is 1.23 bits per heavy atom. The van der Waals surface area contributed by atoms with Gasteiger partial charge in [0, 0.05) is 19.1 Å². The smallest absolute Gasteiger partial charge is 0.243 e. The van der Waals surface area contributed by atoms with Crippen molar-refractivity contribution in [2.24, 2.45) is 17.6 Å². The van der Waals surface area contributed by atoms with Crippen molar-refractivity contribution in [3.8, 4) is 0 Å². The van der Waals surface area contributed by atoms with Crippen molar-refractivity contribution in [3.05, 3.63) is 29.8 Å². The Labute approximate surface area is 133 Å². The Kier molecular flexibility index (Phi) is 4.32. The van der Waals surface area contributed by atoms with Crippen molar-refractivity contribution in [1.82, 2.24) is 4.31 Å². The van der Waals surface area contributed by atoms with Crippen LogP contribution in [0.1, 0.15) is 44.6 Å². The number of nitrogens with zero attached hydrogens (tertiary/aromatic N) is 1. The Morgan fingerprint density at radius 3 is 2.50 bits per heavy atom. The van der Waals surface area contributed by atoms with E-state index in [9.17, 15) is 8.42 Å². The summed E-state index contributed by atoms with van der Waals surface area (Å²) in [7, 11) is -3.38. The van der Waals surface area contributed by atoms with E-state index in [1.54, 1.807) is 16.4 Å². The first-order chi connectivity index (χ1) is 10.4. The Morgan fingerprint density at radius 2 is 1.91 bits per heavy atom. The second-order valence-corrected chi connectivity index (χ2v) is 8.80. The van der Waals surface area contributed by atoms with Crippen LogP contribution in [0.5, 0.6) is 0 Å². The van der Waals surface area contributed by atoms with Crippen LogP contribution in [0.4, 0.5) is 0 Å². The van der Waals surface area contributed by atoms with E-state index < -0.39 is 10.0 Å². The van der Waals surface area contributed by atoms with Gasteiger partial charge in [-0.05, 0) is 54.7 Å². The van der Waals surface area contributed by atoms with Crippen molar-refractivity contribution in [2.45, 2.75) is 50.0 Å². The molecule has 1 saturated heterocycles. The number of benzene rings is 1. The van der Waals surface area contributed by atoms with Crippen molar-refractivity contribution in [3.63, 3.8) is 0 Å². The highest BCUT2D eigenvalue weighted by atomic mass is 32.2. The van der Waals surface area contributed by atoms with Gasteiger partial charge in [-0.25, -0.2) is 8.42 Å². The normalized spacial score (nSPS) is 30.4. The van der Waals surface area contributed by atoms with Crippen LogP contribution < -0.4 is 5.73 Å². The van der Waals surface area contributed by atoms with E-state index in [0.717, 1.165) is 19.3 Å². The van der Waals surface area contributed by atoms with Crippen molar-refractivity contribution in [2.75, 3.05) is 13.1 Å². The van der Waals surface area contributed by atoms with Gasteiger partial charge in [0.15, 0.2) is 0 Å². The molecule has 2 aliphatic rings. The third-order valence-electron chi connectivity index (χ3n) is 5.58. The van der Waals surface area contributed by atoms with Gasteiger partial charge in [0.05, 0.1) is 4.90 Å². The lowest BCUT2D eigenvalue weighted by atomic mass is 9.98. The lowest BCUT2D eigenvalue weighted by Gasteiger charge is -2.19. The molecular formula is C17H26N2O2S. The maximum Gasteiger partial charge on any atom is 0.243 e. The number of fused-ring (bicyclic) bond motifs is 1. The first kappa shape index (κ1) is 16.0. The number of nitrogens with two attached hydrogens (primary N) is 1. The maximum absolute atomic E-state index is 12.8. The van der Waals surface area contributed by atoms with Crippen molar-refractivity contribution < 1.29 is 8.42 Å². The minimum atomic E-state index is -3.38. The molecule has 0 bridgehead atoms. The lowest BCUT2D eigenvalue weighted by Crippen LogP contribution is -2.33. The molecule has 0 amide bonds. The molecule has 4 unspecified atom stereocenters. The summed E-state index contributed by atoms with van der Waals surface area (Å²) in [5, 5.41) is 0. The summed E-state index contributed by atoms with van der Waals surface area (Å²) in [6, 6.07) is 7.57. The van der Waals surface area contributed by atoms with E-state index in [-0.39, 0.29) is 6.04 Å². The fourth-order valence-corrected chi connectivity index (χ4v) is 5.35. The zero-order chi connectivity index (χ0) is 15.9. The van der Waals surface area contributed by atoms with Gasteiger partial charge in [-0.3, -0.25) is 0 Å². The van der Waals surface area contributed by atoms with E-state index in [4.69, 9.17) is 5.73 Å². The zero-order valence-corrected chi connectivity index (χ0v) is 14.2. The third kappa shape index (κ3) is 2.70. The van der Waals surface area contributed by atoms with Crippen LogP contribution in [-0.2, 0) is 10.0 Å². The number of sulfonamides is 1. The number of rotatable bonds is 4. The highest BCUT2D eigenvalue weighted by Crippen LogP contribution is 2.39. The zero-order valence-electron chi connectivity index (χ0n) is 13.4. The van der Waals surface area contributed by atoms with E-state index >= 15 is 0 Å². The van der Waals surface area contributed by atoms with Gasteiger partial charge in [-0.1, -0.05) is 26.0 Å². The quantitative estimate of drug-likeness (QED) is 0.926. The SMILES string of the molecule is CCC(C)c1ccc(S(=O)(=O)N2CC3CCC(N)C3C2)cc1. The summed E-state index contributed by atoms with van der Waals surface area (Å²) < 4.78 is 27.3. The molecule has 3 rings (SSSR count). The molecule has 2 fully saturated rings. The molecule has 1 aromatic carbocycles. The van der Waals surface area contributed by atoms with Gasteiger partial charge in [0.2, 0.25) is 10.0 Å². The Bertz CT molecular complexity index is 627. The first-order valence-electron chi connectivity index (χ1n) is 8.29. The second-order valence-electron chi connectivity index (χ2n) is 6.87. The summed E-state index contributed by atoms with van der Waals surface area (Å²) in [6.07, 6.45) is 3.15. The average Bonchev–Trinajstić information content (AvgIpc) is 3.09. The molecule has 1 aliphatic carbocycles. The molecule has 4 atom stereocenters. The minimum absolute atomic E-state index is 0.165. The van der Waals surface area contributed by atoms with Crippen molar-refractivity contribution >= 4 is 10.0 Å². The molecule has 0 aromatic heterocycles. The summed E-state index contributed by atoms with van der Waals surface area (Å²) in [5.74, 6) is 1.25. The van der Waals surface area contributed by atoms with E-state index in [0.29, 0.717) is 35.7 Å². The van der Waals surface area contributed by atoms with Gasteiger partial charge in [0.25, 0.3) is 0 Å². The topological polar surface area (TPSA) is 63.4 Å². The molecule has 22 heavy (non-hydrogen) atoms. The van der Waals surface area contributed by atoms with E-state index in [1.165, 1.54) is 5.56 Å². The first-order valence-corrected chi connectivity index (χ1v) is 9.73. The second kappa shape index (κ2) is 5.95. The predicted molar refractivity (Wildman–Crippen MR) is 88.1 cm³/mol. The molecule has 4 nitrogen and oxygen atoms in total. The van der Waals surface area contributed by atoms with Gasteiger partial charge < -0.3 is 5.73 Å². The van der Waals surface area contributed by atoms with Crippen LogP contribution in [0.25, 0.3) is 0 Å². The highest BCUT2D eigenvalue weighted by Gasteiger charge is 2.44. The molecule has 0 spiro atoms. The molecule has 1 aromatic rings. The summed E-state index contributed by atoms with van der Waals surface area (Å²) in [5.41, 5.74) is 7.31. The summed E-state index contributed by atoms with van der Waals surface area (Å²) in [4.78, 5) is 0.410. The summed E-state index contributed by atoms with van der Waals surface area (Å²) in [6.45, 7) is 5.52. The summed E-state index contributed by atoms with van der Waals surface area (Å²) >= 11 is 0. The average molecular weight is 322 g/mol. The molecule has 1 aliphatic heterocycles. The van der Waals surface area contributed by atoms with Crippen LogP contribution in [-0.4, -0.2) is 31.9 Å². The van der Waals surface area contributed by atoms with Crippen LogP contribution in [0.15, 0.2) is 29.2 Å².